The highest BCUT2D eigenvalue weighted by molar-refractivity contribution is 7.92. The van der Waals surface area contributed by atoms with Gasteiger partial charge in [-0.3, -0.25) is 9.57 Å². The molecule has 172 valence electrons. The zero-order chi connectivity index (χ0) is 24.1. The van der Waals surface area contributed by atoms with Crippen LogP contribution in [0.5, 0.6) is 0 Å². The van der Waals surface area contributed by atoms with Crippen molar-refractivity contribution in [3.63, 3.8) is 0 Å². The van der Waals surface area contributed by atoms with Gasteiger partial charge in [0.15, 0.2) is 0 Å². The van der Waals surface area contributed by atoms with Crippen molar-refractivity contribution in [2.24, 2.45) is 0 Å². The van der Waals surface area contributed by atoms with Crippen LogP contribution in [-0.2, 0) is 21.7 Å². The number of hydrogen-bond donors (Lipinski definition) is 2. The van der Waals surface area contributed by atoms with Crippen LogP contribution in [0.1, 0.15) is 37.9 Å². The fraction of sp³-hybridized carbons (Fsp3) is 0.136. The molecular formula is C22H14ClF5N2O2S. The van der Waals surface area contributed by atoms with Crippen molar-refractivity contribution < 1.29 is 31.0 Å². The van der Waals surface area contributed by atoms with Gasteiger partial charge in [-0.15, -0.1) is 0 Å². The van der Waals surface area contributed by atoms with Gasteiger partial charge in [0.1, 0.15) is 11.6 Å². The van der Waals surface area contributed by atoms with E-state index in [9.17, 15) is 31.0 Å². The molecule has 33 heavy (non-hydrogen) atoms. The lowest BCUT2D eigenvalue weighted by molar-refractivity contribution is -0.137. The van der Waals surface area contributed by atoms with Gasteiger partial charge in [0, 0.05) is 16.3 Å². The molecule has 1 aliphatic heterocycles. The standard InChI is InChI=1S/C22H14ClF5N2O2S/c23-18-5-4-13(24)9-16(18)20-15-2-1-3-19(17(15)10-33(20,29)32)30-21(31)11-6-12(22(26,27)28)8-14(25)7-11/h1-9,20,29H,10H2,(H,30,31). The molecule has 3 aromatic carbocycles. The Morgan fingerprint density at radius 1 is 1.03 bits per heavy atom. The molecule has 1 amide bonds. The number of hydrogen-bond acceptors (Lipinski definition) is 3. The van der Waals surface area contributed by atoms with Gasteiger partial charge in [0.25, 0.3) is 5.91 Å². The SMILES string of the molecule is N=S1(=O)Cc2c(NC(=O)c3cc(F)cc(C(F)(F)F)c3)cccc2C1c1cc(F)ccc1Cl. The van der Waals surface area contributed by atoms with E-state index in [1.165, 1.54) is 18.2 Å². The van der Waals surface area contributed by atoms with Crippen molar-refractivity contribution in [1.29, 1.82) is 4.78 Å². The molecular weight excluding hydrogens is 487 g/mol. The summed E-state index contributed by atoms with van der Waals surface area (Å²) in [4.78, 5) is 12.6. The maximum Gasteiger partial charge on any atom is 0.416 e. The van der Waals surface area contributed by atoms with Gasteiger partial charge < -0.3 is 5.32 Å². The van der Waals surface area contributed by atoms with Gasteiger partial charge in [-0.05, 0) is 59.2 Å². The monoisotopic (exact) mass is 500 g/mol. The van der Waals surface area contributed by atoms with E-state index in [-0.39, 0.29) is 28.1 Å². The summed E-state index contributed by atoms with van der Waals surface area (Å²) in [5.41, 5.74) is -0.946. The first-order chi connectivity index (χ1) is 15.4. The van der Waals surface area contributed by atoms with Crippen LogP contribution in [0.3, 0.4) is 0 Å². The normalized spacial score (nSPS) is 19.9. The lowest BCUT2D eigenvalue weighted by atomic mass is 9.98. The lowest BCUT2D eigenvalue weighted by Gasteiger charge is -2.16. The number of benzene rings is 3. The summed E-state index contributed by atoms with van der Waals surface area (Å²) in [7, 11) is -3.41. The molecule has 0 saturated carbocycles. The van der Waals surface area contributed by atoms with Gasteiger partial charge in [-0.2, -0.15) is 13.2 Å². The van der Waals surface area contributed by atoms with E-state index in [2.05, 4.69) is 5.32 Å². The molecule has 2 unspecified atom stereocenters. The largest absolute Gasteiger partial charge is 0.416 e. The summed E-state index contributed by atoms with van der Waals surface area (Å²) in [6, 6.07) is 9.43. The third-order valence-corrected chi connectivity index (χ3v) is 7.54. The quantitative estimate of drug-likeness (QED) is 0.401. The molecule has 0 aromatic heterocycles. The van der Waals surface area contributed by atoms with Crippen molar-refractivity contribution in [2.45, 2.75) is 17.2 Å². The van der Waals surface area contributed by atoms with E-state index in [1.807, 2.05) is 0 Å². The smallest absolute Gasteiger partial charge is 0.322 e. The lowest BCUT2D eigenvalue weighted by Crippen LogP contribution is -2.15. The molecule has 1 aliphatic rings. The number of nitrogens with one attached hydrogen (secondary N) is 2. The number of anilines is 1. The highest BCUT2D eigenvalue weighted by Crippen LogP contribution is 2.46. The zero-order valence-corrected chi connectivity index (χ0v) is 18.0. The van der Waals surface area contributed by atoms with Crippen molar-refractivity contribution in [3.8, 4) is 0 Å². The van der Waals surface area contributed by atoms with Gasteiger partial charge in [0.2, 0.25) is 0 Å². The van der Waals surface area contributed by atoms with Crippen molar-refractivity contribution >= 4 is 32.9 Å². The second kappa shape index (κ2) is 8.11. The molecule has 0 radical (unpaired) electrons. The summed E-state index contributed by atoms with van der Waals surface area (Å²) in [5, 5.41) is 1.45. The molecule has 0 spiro atoms. The van der Waals surface area contributed by atoms with E-state index < -0.39 is 49.8 Å². The topological polar surface area (TPSA) is 70.0 Å². The fourth-order valence-corrected chi connectivity index (χ4v) is 6.24. The molecule has 0 aliphatic carbocycles. The van der Waals surface area contributed by atoms with E-state index in [1.54, 1.807) is 6.07 Å². The van der Waals surface area contributed by atoms with E-state index >= 15 is 0 Å². The van der Waals surface area contributed by atoms with Crippen molar-refractivity contribution in [3.05, 3.63) is 99.1 Å². The maximum absolute atomic E-state index is 13.8. The Morgan fingerprint density at radius 2 is 1.76 bits per heavy atom. The first kappa shape index (κ1) is 23.2. The van der Waals surface area contributed by atoms with Gasteiger partial charge in [0.05, 0.1) is 26.3 Å². The first-order valence-corrected chi connectivity index (χ1v) is 11.5. The molecule has 3 aromatic rings. The minimum Gasteiger partial charge on any atom is -0.322 e. The minimum absolute atomic E-state index is 0.102. The molecule has 2 atom stereocenters. The Kier molecular flexibility index (Phi) is 5.69. The fourth-order valence-electron chi connectivity index (χ4n) is 3.80. The van der Waals surface area contributed by atoms with E-state index in [4.69, 9.17) is 16.4 Å². The number of carbonyl (C=O) groups excluding carboxylic acids is 1. The molecule has 1 heterocycles. The highest BCUT2D eigenvalue weighted by Gasteiger charge is 2.38. The van der Waals surface area contributed by atoms with Crippen LogP contribution in [0.4, 0.5) is 27.6 Å². The Bertz CT molecular complexity index is 1390. The van der Waals surface area contributed by atoms with Crippen LogP contribution in [0.2, 0.25) is 5.02 Å². The minimum atomic E-state index is -4.85. The second-order valence-corrected chi connectivity index (χ2v) is 10.1. The number of carbonyl (C=O) groups is 1. The van der Waals surface area contributed by atoms with Gasteiger partial charge in [-0.1, -0.05) is 23.7 Å². The van der Waals surface area contributed by atoms with Crippen LogP contribution < -0.4 is 5.32 Å². The molecule has 4 nitrogen and oxygen atoms in total. The number of halogens is 6. The Labute approximate surface area is 190 Å². The predicted molar refractivity (Wildman–Crippen MR) is 114 cm³/mol. The number of fused-ring (bicyclic) bond motifs is 1. The van der Waals surface area contributed by atoms with Crippen LogP contribution in [0.25, 0.3) is 0 Å². The Morgan fingerprint density at radius 3 is 2.45 bits per heavy atom. The van der Waals surface area contributed by atoms with Crippen LogP contribution >= 0.6 is 11.6 Å². The van der Waals surface area contributed by atoms with E-state index in [0.29, 0.717) is 23.3 Å². The molecule has 0 saturated heterocycles. The van der Waals surface area contributed by atoms with Crippen LogP contribution in [-0.4, -0.2) is 10.1 Å². The zero-order valence-electron chi connectivity index (χ0n) is 16.5. The summed E-state index contributed by atoms with van der Waals surface area (Å²) in [6.07, 6.45) is -4.85. The molecule has 0 fully saturated rings. The number of amides is 1. The first-order valence-electron chi connectivity index (χ1n) is 9.38. The summed E-state index contributed by atoms with van der Waals surface area (Å²) in [5.74, 6) is -3.18. The molecule has 4 rings (SSSR count). The third-order valence-electron chi connectivity index (χ3n) is 5.21. The average molecular weight is 501 g/mol. The number of rotatable bonds is 3. The molecule has 0 bridgehead atoms. The van der Waals surface area contributed by atoms with Gasteiger partial charge >= 0.3 is 6.18 Å². The predicted octanol–water partition coefficient (Wildman–Crippen LogP) is 6.54. The molecule has 2 N–H and O–H groups in total. The number of alkyl halides is 3. The second-order valence-electron chi connectivity index (χ2n) is 7.47. The highest BCUT2D eigenvalue weighted by atomic mass is 35.5. The van der Waals surface area contributed by atoms with Crippen molar-refractivity contribution in [2.75, 3.05) is 5.32 Å². The van der Waals surface area contributed by atoms with Gasteiger partial charge in [-0.25, -0.2) is 13.0 Å². The average Bonchev–Trinajstić information content (AvgIpc) is 2.99. The van der Waals surface area contributed by atoms with Crippen LogP contribution in [0.15, 0.2) is 54.6 Å². The van der Waals surface area contributed by atoms with Crippen LogP contribution in [0, 0.1) is 16.4 Å². The summed E-state index contributed by atoms with van der Waals surface area (Å²) >= 11 is 6.17. The maximum atomic E-state index is 13.8. The Balaban J connectivity index is 1.74. The summed E-state index contributed by atoms with van der Waals surface area (Å²) in [6.45, 7) is 0. The Hall–Kier alpha value is -2.98. The molecule has 11 heteroatoms. The summed E-state index contributed by atoms with van der Waals surface area (Å²) < 4.78 is 88.0. The van der Waals surface area contributed by atoms with E-state index in [0.717, 1.165) is 12.1 Å². The third kappa shape index (κ3) is 4.45. The van der Waals surface area contributed by atoms with Crippen molar-refractivity contribution in [1.82, 2.24) is 0 Å².